The van der Waals surface area contributed by atoms with Gasteiger partial charge in [-0.15, -0.1) is 12.3 Å². The van der Waals surface area contributed by atoms with Crippen LogP contribution >= 0.6 is 0 Å². The molecule has 0 radical (unpaired) electrons. The van der Waals surface area contributed by atoms with Crippen molar-refractivity contribution in [2.24, 2.45) is 5.92 Å². The summed E-state index contributed by atoms with van der Waals surface area (Å²) in [5, 5.41) is 0. The Hall–Kier alpha value is -1.42. The third kappa shape index (κ3) is 6.60. The lowest BCUT2D eigenvalue weighted by Gasteiger charge is -2.29. The van der Waals surface area contributed by atoms with E-state index in [9.17, 15) is 0 Å². The van der Waals surface area contributed by atoms with E-state index in [-0.39, 0.29) is 0 Å². The van der Waals surface area contributed by atoms with E-state index in [2.05, 4.69) is 37.1 Å². The van der Waals surface area contributed by atoms with Gasteiger partial charge in [-0.25, -0.2) is 0 Å². The van der Waals surface area contributed by atoms with Crippen molar-refractivity contribution >= 4 is 0 Å². The molecule has 1 heteroatoms. The topological polar surface area (TPSA) is 9.23 Å². The molecular formula is C23H34O. The first-order chi connectivity index (χ1) is 11.8. The summed E-state index contributed by atoms with van der Waals surface area (Å²) in [5.74, 6) is 5.36. The minimum Gasteiger partial charge on any atom is -0.494 e. The summed E-state index contributed by atoms with van der Waals surface area (Å²) in [6, 6.07) is 8.79. The first kappa shape index (κ1) is 18.9. The minimum atomic E-state index is 0.715. The van der Waals surface area contributed by atoms with Crippen LogP contribution in [0.4, 0.5) is 0 Å². The third-order valence-corrected chi connectivity index (χ3v) is 5.40. The van der Waals surface area contributed by atoms with Gasteiger partial charge in [0.25, 0.3) is 0 Å². The maximum atomic E-state index is 5.74. The number of rotatable bonds is 10. The molecule has 0 saturated heterocycles. The monoisotopic (exact) mass is 326 g/mol. The Balaban J connectivity index is 1.69. The number of benzene rings is 1. The Morgan fingerprint density at radius 1 is 1.00 bits per heavy atom. The average Bonchev–Trinajstić information content (AvgIpc) is 2.64. The number of unbranched alkanes of at least 4 members (excludes halogenated alkanes) is 4. The Kier molecular flexibility index (Phi) is 8.82. The van der Waals surface area contributed by atoms with Crippen LogP contribution in [-0.4, -0.2) is 6.61 Å². The fourth-order valence-corrected chi connectivity index (χ4v) is 3.84. The lowest BCUT2D eigenvalue weighted by molar-refractivity contribution is 0.301. The van der Waals surface area contributed by atoms with E-state index in [0.717, 1.165) is 30.4 Å². The minimum absolute atomic E-state index is 0.715. The van der Waals surface area contributed by atoms with Gasteiger partial charge < -0.3 is 4.74 Å². The highest BCUT2D eigenvalue weighted by Gasteiger charge is 2.21. The summed E-state index contributed by atoms with van der Waals surface area (Å²) >= 11 is 0. The fraction of sp³-hybridized carbons (Fsp3) is 0.652. The normalized spacial score (nSPS) is 20.5. The first-order valence-electron chi connectivity index (χ1n) is 9.99. The van der Waals surface area contributed by atoms with Crippen molar-refractivity contribution < 1.29 is 4.74 Å². The number of hydrogen-bond donors (Lipinski definition) is 0. The third-order valence-electron chi connectivity index (χ3n) is 5.40. The Morgan fingerprint density at radius 2 is 1.75 bits per heavy atom. The van der Waals surface area contributed by atoms with Crippen molar-refractivity contribution in [3.05, 3.63) is 29.8 Å². The van der Waals surface area contributed by atoms with Crippen LogP contribution in [-0.2, 0) is 0 Å². The Bertz CT molecular complexity index is 474. The molecule has 0 amide bonds. The van der Waals surface area contributed by atoms with Crippen LogP contribution in [0.1, 0.15) is 89.0 Å². The number of hydrogen-bond acceptors (Lipinski definition) is 1. The fourth-order valence-electron chi connectivity index (χ4n) is 3.84. The highest BCUT2D eigenvalue weighted by atomic mass is 16.5. The van der Waals surface area contributed by atoms with E-state index >= 15 is 0 Å². The average molecular weight is 327 g/mol. The van der Waals surface area contributed by atoms with Crippen LogP contribution in [0, 0.1) is 18.3 Å². The molecule has 1 saturated carbocycles. The predicted octanol–water partition coefficient (Wildman–Crippen LogP) is 6.72. The van der Waals surface area contributed by atoms with Gasteiger partial charge in [0.05, 0.1) is 6.61 Å². The van der Waals surface area contributed by atoms with Crippen molar-refractivity contribution in [2.75, 3.05) is 6.61 Å². The van der Waals surface area contributed by atoms with E-state index in [1.807, 2.05) is 0 Å². The second-order valence-corrected chi connectivity index (χ2v) is 7.29. The second kappa shape index (κ2) is 11.2. The van der Waals surface area contributed by atoms with Crippen molar-refractivity contribution in [3.8, 4) is 18.1 Å². The predicted molar refractivity (Wildman–Crippen MR) is 103 cm³/mol. The molecule has 0 aromatic heterocycles. The van der Waals surface area contributed by atoms with Crippen molar-refractivity contribution in [3.63, 3.8) is 0 Å². The van der Waals surface area contributed by atoms with Gasteiger partial charge in [-0.3, -0.25) is 0 Å². The Labute approximate surface area is 149 Å². The largest absolute Gasteiger partial charge is 0.494 e. The molecule has 0 spiro atoms. The molecule has 24 heavy (non-hydrogen) atoms. The molecule has 0 bridgehead atoms. The zero-order valence-electron chi connectivity index (χ0n) is 15.4. The molecule has 1 aliphatic carbocycles. The van der Waals surface area contributed by atoms with E-state index < -0.39 is 0 Å². The van der Waals surface area contributed by atoms with Crippen molar-refractivity contribution in [2.45, 2.75) is 83.5 Å². The first-order valence-corrected chi connectivity index (χ1v) is 9.99. The number of ether oxygens (including phenoxy) is 1. The van der Waals surface area contributed by atoms with E-state index in [4.69, 9.17) is 11.2 Å². The van der Waals surface area contributed by atoms with Crippen LogP contribution < -0.4 is 4.74 Å². The van der Waals surface area contributed by atoms with Crippen molar-refractivity contribution in [1.82, 2.24) is 0 Å². The summed E-state index contributed by atoms with van der Waals surface area (Å²) in [4.78, 5) is 0. The summed E-state index contributed by atoms with van der Waals surface area (Å²) < 4.78 is 5.74. The van der Waals surface area contributed by atoms with E-state index in [1.165, 1.54) is 63.4 Å². The maximum Gasteiger partial charge on any atom is 0.119 e. The summed E-state index contributed by atoms with van der Waals surface area (Å²) in [7, 11) is 0. The molecule has 132 valence electrons. The molecule has 0 atom stereocenters. The van der Waals surface area contributed by atoms with Gasteiger partial charge in [0.15, 0.2) is 0 Å². The zero-order chi connectivity index (χ0) is 17.0. The quantitative estimate of drug-likeness (QED) is 0.342. The van der Waals surface area contributed by atoms with Crippen LogP contribution in [0.25, 0.3) is 0 Å². The smallest absolute Gasteiger partial charge is 0.119 e. The van der Waals surface area contributed by atoms with Crippen LogP contribution in [0.2, 0.25) is 0 Å². The molecule has 2 rings (SSSR count). The van der Waals surface area contributed by atoms with Crippen molar-refractivity contribution in [1.29, 1.82) is 0 Å². The van der Waals surface area contributed by atoms with Gasteiger partial charge in [-0.2, -0.15) is 0 Å². The standard InChI is InChI=1S/C23H34O/c1-3-5-7-8-10-20-11-13-21(14-12-20)22-15-17-23(18-16-22)24-19-9-6-4-2/h2,15-18,20-21H,3,5-14,19H2,1H3. The highest BCUT2D eigenvalue weighted by molar-refractivity contribution is 5.29. The van der Waals surface area contributed by atoms with Gasteiger partial charge in [-0.1, -0.05) is 51.2 Å². The Morgan fingerprint density at radius 3 is 2.42 bits per heavy atom. The van der Waals surface area contributed by atoms with Gasteiger partial charge in [-0.05, 0) is 61.6 Å². The van der Waals surface area contributed by atoms with Crippen LogP contribution in [0.15, 0.2) is 24.3 Å². The summed E-state index contributed by atoms with van der Waals surface area (Å²) in [5.41, 5.74) is 1.50. The zero-order valence-corrected chi connectivity index (χ0v) is 15.4. The van der Waals surface area contributed by atoms with Crippen LogP contribution in [0.3, 0.4) is 0 Å². The molecule has 1 nitrogen and oxygen atoms in total. The molecule has 1 aromatic carbocycles. The van der Waals surface area contributed by atoms with Gasteiger partial charge in [0.2, 0.25) is 0 Å². The van der Waals surface area contributed by atoms with Crippen LogP contribution in [0.5, 0.6) is 5.75 Å². The molecule has 0 N–H and O–H groups in total. The molecule has 0 unspecified atom stereocenters. The van der Waals surface area contributed by atoms with Gasteiger partial charge in [0.1, 0.15) is 5.75 Å². The van der Waals surface area contributed by atoms with E-state index in [1.54, 1.807) is 0 Å². The molecule has 0 heterocycles. The highest BCUT2D eigenvalue weighted by Crippen LogP contribution is 2.38. The summed E-state index contributed by atoms with van der Waals surface area (Å²) in [6.07, 6.45) is 19.6. The van der Waals surface area contributed by atoms with Gasteiger partial charge >= 0.3 is 0 Å². The second-order valence-electron chi connectivity index (χ2n) is 7.29. The maximum absolute atomic E-state index is 5.74. The molecule has 1 aliphatic rings. The molecule has 1 aromatic rings. The summed E-state index contributed by atoms with van der Waals surface area (Å²) in [6.45, 7) is 3.01. The van der Waals surface area contributed by atoms with E-state index in [0.29, 0.717) is 6.61 Å². The lowest BCUT2D eigenvalue weighted by Crippen LogP contribution is -2.13. The lowest BCUT2D eigenvalue weighted by atomic mass is 9.77. The molecule has 0 aliphatic heterocycles. The molecule has 1 fully saturated rings. The van der Waals surface area contributed by atoms with Gasteiger partial charge in [0, 0.05) is 6.42 Å². The number of terminal acetylenes is 1. The SMILES string of the molecule is C#CCCCOc1ccc(C2CCC(CCCCCC)CC2)cc1. The molecular weight excluding hydrogens is 292 g/mol.